The number of carbonyl (C=O) groups is 2. The molecule has 1 N–H and O–H groups in total. The molecule has 7 nitrogen and oxygen atoms in total. The Bertz CT molecular complexity index is 910. The van der Waals surface area contributed by atoms with E-state index in [2.05, 4.69) is 5.32 Å². The first-order valence-electron chi connectivity index (χ1n) is 9.81. The van der Waals surface area contributed by atoms with Crippen LogP contribution in [0.4, 0.5) is 5.69 Å². The van der Waals surface area contributed by atoms with Gasteiger partial charge in [0.1, 0.15) is 0 Å². The SMILES string of the molecule is O=C(CCC(=O)c1ccc2c(c1)OCCCO2)Nc1ccc2c(c1)OCCCO2. The quantitative estimate of drug-likeness (QED) is 0.776. The molecule has 2 aliphatic rings. The molecule has 0 saturated carbocycles. The summed E-state index contributed by atoms with van der Waals surface area (Å²) < 4.78 is 22.4. The van der Waals surface area contributed by atoms with E-state index in [0.717, 1.165) is 12.8 Å². The first kappa shape index (κ1) is 19.1. The van der Waals surface area contributed by atoms with Gasteiger partial charge in [-0.05, 0) is 30.3 Å². The third-order valence-corrected chi connectivity index (χ3v) is 4.68. The average molecular weight is 397 g/mol. The number of amides is 1. The van der Waals surface area contributed by atoms with Gasteiger partial charge in [-0.15, -0.1) is 0 Å². The largest absolute Gasteiger partial charge is 0.490 e. The van der Waals surface area contributed by atoms with Gasteiger partial charge in [0.15, 0.2) is 28.8 Å². The number of nitrogens with one attached hydrogen (secondary N) is 1. The van der Waals surface area contributed by atoms with Gasteiger partial charge in [0.25, 0.3) is 0 Å². The maximum atomic E-state index is 12.5. The number of hydrogen-bond acceptors (Lipinski definition) is 6. The van der Waals surface area contributed by atoms with Crippen LogP contribution in [-0.4, -0.2) is 38.1 Å². The Morgan fingerprint density at radius 3 is 2.00 bits per heavy atom. The molecule has 0 radical (unpaired) electrons. The van der Waals surface area contributed by atoms with E-state index in [-0.39, 0.29) is 24.5 Å². The number of rotatable bonds is 5. The molecule has 1 amide bonds. The number of ether oxygens (including phenoxy) is 4. The standard InChI is InChI=1S/C22H23NO6/c24-17(15-3-6-18-20(13-15)28-11-1-9-26-18)5-8-22(25)23-16-4-7-19-21(14-16)29-12-2-10-27-19/h3-4,6-7,13-14H,1-2,5,8-12H2,(H,23,25). The summed E-state index contributed by atoms with van der Waals surface area (Å²) in [5.74, 6) is 2.15. The van der Waals surface area contributed by atoms with Crippen LogP contribution in [0.3, 0.4) is 0 Å². The number of carbonyl (C=O) groups excluding carboxylic acids is 2. The molecule has 2 aromatic carbocycles. The summed E-state index contributed by atoms with van der Waals surface area (Å²) in [6.07, 6.45) is 1.81. The summed E-state index contributed by atoms with van der Waals surface area (Å²) in [7, 11) is 0. The van der Waals surface area contributed by atoms with Gasteiger partial charge in [0, 0.05) is 43.0 Å². The third kappa shape index (κ3) is 4.80. The Balaban J connectivity index is 1.33. The summed E-state index contributed by atoms with van der Waals surface area (Å²) in [6, 6.07) is 10.4. The zero-order valence-corrected chi connectivity index (χ0v) is 16.1. The van der Waals surface area contributed by atoms with E-state index in [9.17, 15) is 9.59 Å². The highest BCUT2D eigenvalue weighted by molar-refractivity contribution is 6.00. The van der Waals surface area contributed by atoms with Crippen molar-refractivity contribution in [3.63, 3.8) is 0 Å². The van der Waals surface area contributed by atoms with E-state index in [1.807, 2.05) is 0 Å². The Labute approximate surface area is 168 Å². The van der Waals surface area contributed by atoms with Crippen LogP contribution in [0, 0.1) is 0 Å². The van der Waals surface area contributed by atoms with Crippen molar-refractivity contribution in [3.05, 3.63) is 42.0 Å². The van der Waals surface area contributed by atoms with Crippen molar-refractivity contribution in [2.45, 2.75) is 25.7 Å². The van der Waals surface area contributed by atoms with Crippen LogP contribution >= 0.6 is 0 Å². The maximum absolute atomic E-state index is 12.5. The van der Waals surface area contributed by atoms with Crippen molar-refractivity contribution >= 4 is 17.4 Å². The monoisotopic (exact) mass is 397 g/mol. The van der Waals surface area contributed by atoms with E-state index in [0.29, 0.717) is 60.7 Å². The molecule has 0 atom stereocenters. The minimum atomic E-state index is -0.234. The van der Waals surface area contributed by atoms with Crippen molar-refractivity contribution in [2.24, 2.45) is 0 Å². The molecule has 4 rings (SSSR count). The molecule has 2 aromatic rings. The van der Waals surface area contributed by atoms with Gasteiger partial charge in [0.05, 0.1) is 26.4 Å². The van der Waals surface area contributed by atoms with Crippen LogP contribution < -0.4 is 24.3 Å². The smallest absolute Gasteiger partial charge is 0.224 e. The van der Waals surface area contributed by atoms with Crippen LogP contribution in [0.5, 0.6) is 23.0 Å². The van der Waals surface area contributed by atoms with Gasteiger partial charge in [-0.2, -0.15) is 0 Å². The highest BCUT2D eigenvalue weighted by atomic mass is 16.5. The normalized spacial score (nSPS) is 15.0. The fourth-order valence-corrected chi connectivity index (χ4v) is 3.17. The lowest BCUT2D eigenvalue weighted by Crippen LogP contribution is -2.13. The van der Waals surface area contributed by atoms with Crippen LogP contribution in [0.1, 0.15) is 36.0 Å². The third-order valence-electron chi connectivity index (χ3n) is 4.68. The molecule has 2 aliphatic heterocycles. The Kier molecular flexibility index (Phi) is 5.84. The fourth-order valence-electron chi connectivity index (χ4n) is 3.17. The molecule has 0 fully saturated rings. The van der Waals surface area contributed by atoms with E-state index < -0.39 is 0 Å². The van der Waals surface area contributed by atoms with Crippen LogP contribution in [-0.2, 0) is 4.79 Å². The number of anilines is 1. The van der Waals surface area contributed by atoms with E-state index in [1.165, 1.54) is 0 Å². The van der Waals surface area contributed by atoms with Gasteiger partial charge in [-0.3, -0.25) is 9.59 Å². The molecule has 29 heavy (non-hydrogen) atoms. The van der Waals surface area contributed by atoms with Gasteiger partial charge in [-0.1, -0.05) is 0 Å². The van der Waals surface area contributed by atoms with Crippen molar-refractivity contribution in [1.29, 1.82) is 0 Å². The second-order valence-electron chi connectivity index (χ2n) is 6.90. The van der Waals surface area contributed by atoms with Gasteiger partial charge in [0.2, 0.25) is 5.91 Å². The first-order valence-corrected chi connectivity index (χ1v) is 9.81. The summed E-state index contributed by atoms with van der Waals surface area (Å²) >= 11 is 0. The lowest BCUT2D eigenvalue weighted by molar-refractivity contribution is -0.116. The summed E-state index contributed by atoms with van der Waals surface area (Å²) in [6.45, 7) is 2.35. The summed E-state index contributed by atoms with van der Waals surface area (Å²) in [5, 5.41) is 2.81. The van der Waals surface area contributed by atoms with Gasteiger partial charge >= 0.3 is 0 Å². The first-order chi connectivity index (χ1) is 14.2. The molecule has 152 valence electrons. The summed E-state index contributed by atoms with van der Waals surface area (Å²) in [4.78, 5) is 24.8. The Morgan fingerprint density at radius 1 is 0.724 bits per heavy atom. The van der Waals surface area contributed by atoms with Gasteiger partial charge in [-0.25, -0.2) is 0 Å². The van der Waals surface area contributed by atoms with Gasteiger partial charge < -0.3 is 24.3 Å². The molecule has 7 heteroatoms. The van der Waals surface area contributed by atoms with E-state index in [1.54, 1.807) is 36.4 Å². The van der Waals surface area contributed by atoms with Crippen LogP contribution in [0.2, 0.25) is 0 Å². The van der Waals surface area contributed by atoms with E-state index >= 15 is 0 Å². The number of fused-ring (bicyclic) bond motifs is 2. The lowest BCUT2D eigenvalue weighted by atomic mass is 10.1. The Morgan fingerprint density at radius 2 is 1.31 bits per heavy atom. The highest BCUT2D eigenvalue weighted by Gasteiger charge is 2.16. The maximum Gasteiger partial charge on any atom is 0.224 e. The molecule has 0 bridgehead atoms. The molecule has 0 saturated heterocycles. The number of benzene rings is 2. The number of Topliss-reactive ketones (excluding diaryl/α,β-unsaturated/α-hetero) is 1. The average Bonchev–Trinajstić information content (AvgIpc) is 3.11. The highest BCUT2D eigenvalue weighted by Crippen LogP contribution is 2.33. The topological polar surface area (TPSA) is 83.1 Å². The Hall–Kier alpha value is -3.22. The fraction of sp³-hybridized carbons (Fsp3) is 0.364. The van der Waals surface area contributed by atoms with Crippen LogP contribution in [0.15, 0.2) is 36.4 Å². The van der Waals surface area contributed by atoms with Crippen molar-refractivity contribution in [2.75, 3.05) is 31.7 Å². The second-order valence-corrected chi connectivity index (χ2v) is 6.90. The van der Waals surface area contributed by atoms with Crippen molar-refractivity contribution in [1.82, 2.24) is 0 Å². The van der Waals surface area contributed by atoms with Crippen molar-refractivity contribution in [3.8, 4) is 23.0 Å². The zero-order valence-electron chi connectivity index (χ0n) is 16.1. The number of hydrogen-bond donors (Lipinski definition) is 1. The second kappa shape index (κ2) is 8.86. The predicted molar refractivity (Wildman–Crippen MR) is 106 cm³/mol. The molecular formula is C22H23NO6. The lowest BCUT2D eigenvalue weighted by Gasteiger charge is -2.11. The van der Waals surface area contributed by atoms with Crippen molar-refractivity contribution < 1.29 is 28.5 Å². The summed E-state index contributed by atoms with van der Waals surface area (Å²) in [5.41, 5.74) is 1.12. The molecule has 2 heterocycles. The van der Waals surface area contributed by atoms with Crippen LogP contribution in [0.25, 0.3) is 0 Å². The minimum Gasteiger partial charge on any atom is -0.490 e. The molecule has 0 unspecified atom stereocenters. The molecular weight excluding hydrogens is 374 g/mol. The number of ketones is 1. The minimum absolute atomic E-state index is 0.0850. The van der Waals surface area contributed by atoms with E-state index in [4.69, 9.17) is 18.9 Å². The molecule has 0 spiro atoms. The zero-order chi connectivity index (χ0) is 20.1. The molecule has 0 aromatic heterocycles. The predicted octanol–water partition coefficient (Wildman–Crippen LogP) is 3.61. The molecule has 0 aliphatic carbocycles.